The first-order chi connectivity index (χ1) is 12.9. The highest BCUT2D eigenvalue weighted by Gasteiger charge is 2.15. The average Bonchev–Trinajstić information content (AvgIpc) is 3.09. The van der Waals surface area contributed by atoms with Crippen LogP contribution in [0.2, 0.25) is 0 Å². The molecule has 0 saturated heterocycles. The summed E-state index contributed by atoms with van der Waals surface area (Å²) in [5, 5.41) is 9.78. The third-order valence-electron chi connectivity index (χ3n) is 5.05. The van der Waals surface area contributed by atoms with Gasteiger partial charge in [0.25, 0.3) is 5.56 Å². The molecule has 0 aliphatic heterocycles. The van der Waals surface area contributed by atoms with Gasteiger partial charge in [-0.3, -0.25) is 4.79 Å². The minimum absolute atomic E-state index is 0.132. The van der Waals surface area contributed by atoms with E-state index in [0.29, 0.717) is 12.1 Å². The Kier molecular flexibility index (Phi) is 4.15. The predicted octanol–water partition coefficient (Wildman–Crippen LogP) is 3.86. The van der Waals surface area contributed by atoms with E-state index in [2.05, 4.69) is 36.2 Å². The first-order valence-electron chi connectivity index (χ1n) is 9.02. The second-order valence-corrected chi connectivity index (χ2v) is 7.12. The molecule has 0 spiro atoms. The van der Waals surface area contributed by atoms with Crippen LogP contribution in [0, 0.1) is 27.7 Å². The molecule has 2 aromatic carbocycles. The van der Waals surface area contributed by atoms with Crippen molar-refractivity contribution in [2.75, 3.05) is 0 Å². The molecule has 0 bridgehead atoms. The number of fused-ring (bicyclic) bond motifs is 1. The Labute approximate surface area is 157 Å². The first kappa shape index (κ1) is 17.2. The summed E-state index contributed by atoms with van der Waals surface area (Å²) in [6, 6.07) is 14.3. The monoisotopic (exact) mass is 358 g/mol. The Morgan fingerprint density at radius 3 is 2.37 bits per heavy atom. The van der Waals surface area contributed by atoms with Crippen molar-refractivity contribution in [1.29, 1.82) is 0 Å². The molecule has 0 unspecified atom stereocenters. The zero-order valence-corrected chi connectivity index (χ0v) is 16.0. The lowest BCUT2D eigenvalue weighted by Crippen LogP contribution is -2.26. The quantitative estimate of drug-likeness (QED) is 0.559. The van der Waals surface area contributed by atoms with E-state index in [1.165, 1.54) is 21.4 Å². The molecule has 0 saturated carbocycles. The van der Waals surface area contributed by atoms with Gasteiger partial charge in [-0.2, -0.15) is 10.2 Å². The number of benzene rings is 2. The van der Waals surface area contributed by atoms with Crippen LogP contribution < -0.4 is 5.56 Å². The summed E-state index contributed by atoms with van der Waals surface area (Å²) in [5.41, 5.74) is 6.74. The topological polar surface area (TPSA) is 52.7 Å². The second-order valence-electron chi connectivity index (χ2n) is 7.12. The summed E-state index contributed by atoms with van der Waals surface area (Å²) in [5.74, 6) is 0. The van der Waals surface area contributed by atoms with Gasteiger partial charge >= 0.3 is 0 Å². The number of nitrogens with zero attached hydrogens (tertiary/aromatic N) is 4. The van der Waals surface area contributed by atoms with Crippen molar-refractivity contribution in [2.45, 2.75) is 34.2 Å². The van der Waals surface area contributed by atoms with Gasteiger partial charge in [0.05, 0.1) is 24.1 Å². The Bertz CT molecular complexity index is 1200. The van der Waals surface area contributed by atoms with Crippen molar-refractivity contribution in [3.05, 3.63) is 87.0 Å². The Morgan fingerprint density at radius 2 is 1.67 bits per heavy atom. The molecule has 0 amide bonds. The van der Waals surface area contributed by atoms with Gasteiger partial charge in [0.15, 0.2) is 0 Å². The van der Waals surface area contributed by atoms with Crippen LogP contribution in [0.4, 0.5) is 0 Å². The van der Waals surface area contributed by atoms with Crippen LogP contribution in [-0.4, -0.2) is 19.6 Å². The average molecular weight is 358 g/mol. The lowest BCUT2D eigenvalue weighted by Gasteiger charge is -2.10. The maximum Gasteiger partial charge on any atom is 0.293 e. The molecule has 27 heavy (non-hydrogen) atoms. The molecule has 0 radical (unpaired) electrons. The highest BCUT2D eigenvalue weighted by Crippen LogP contribution is 2.19. The third kappa shape index (κ3) is 3.05. The van der Waals surface area contributed by atoms with Crippen LogP contribution in [0.5, 0.6) is 0 Å². The van der Waals surface area contributed by atoms with Crippen molar-refractivity contribution in [1.82, 2.24) is 19.6 Å². The number of aromatic nitrogens is 4. The van der Waals surface area contributed by atoms with Gasteiger partial charge in [-0.1, -0.05) is 35.9 Å². The molecular formula is C22H22N4O. The molecule has 2 aromatic heterocycles. The van der Waals surface area contributed by atoms with E-state index in [1.807, 2.05) is 44.2 Å². The summed E-state index contributed by atoms with van der Waals surface area (Å²) in [6.45, 7) is 8.54. The minimum atomic E-state index is -0.132. The summed E-state index contributed by atoms with van der Waals surface area (Å²) in [7, 11) is 0. The second kappa shape index (κ2) is 6.50. The highest BCUT2D eigenvalue weighted by molar-refractivity contribution is 5.81. The van der Waals surface area contributed by atoms with Gasteiger partial charge < -0.3 is 0 Å². The van der Waals surface area contributed by atoms with Crippen molar-refractivity contribution >= 4 is 10.9 Å². The Hall–Kier alpha value is -3.21. The van der Waals surface area contributed by atoms with Crippen LogP contribution in [0.25, 0.3) is 16.6 Å². The Morgan fingerprint density at radius 1 is 0.926 bits per heavy atom. The van der Waals surface area contributed by atoms with Gasteiger partial charge in [0.2, 0.25) is 0 Å². The first-order valence-corrected chi connectivity index (χ1v) is 9.02. The molecular weight excluding hydrogens is 336 g/mol. The van der Waals surface area contributed by atoms with Gasteiger partial charge in [-0.15, -0.1) is 0 Å². The number of rotatable bonds is 3. The van der Waals surface area contributed by atoms with Gasteiger partial charge in [-0.05, 0) is 56.5 Å². The van der Waals surface area contributed by atoms with E-state index in [9.17, 15) is 4.79 Å². The maximum absolute atomic E-state index is 13.2. The lowest BCUT2D eigenvalue weighted by atomic mass is 10.1. The van der Waals surface area contributed by atoms with Crippen LogP contribution in [0.15, 0.2) is 53.5 Å². The summed E-state index contributed by atoms with van der Waals surface area (Å²) in [4.78, 5) is 13.2. The standard InChI is InChI=1S/C22H22N4O/c1-14-5-8-18(9-6-14)13-25-22(27)21-20(17(4)24-25)12-23-26(21)19-10-7-15(2)16(3)11-19/h5-12H,13H2,1-4H3. The van der Waals surface area contributed by atoms with E-state index in [-0.39, 0.29) is 5.56 Å². The molecule has 0 atom stereocenters. The van der Waals surface area contributed by atoms with E-state index in [1.54, 1.807) is 10.9 Å². The molecule has 5 heteroatoms. The highest BCUT2D eigenvalue weighted by atomic mass is 16.1. The van der Waals surface area contributed by atoms with Gasteiger partial charge in [0, 0.05) is 5.39 Å². The summed E-state index contributed by atoms with van der Waals surface area (Å²) < 4.78 is 3.26. The summed E-state index contributed by atoms with van der Waals surface area (Å²) in [6.07, 6.45) is 1.73. The molecule has 0 fully saturated rings. The molecule has 4 aromatic rings. The smallest absolute Gasteiger partial charge is 0.265 e. The molecule has 5 nitrogen and oxygen atoms in total. The molecule has 136 valence electrons. The van der Waals surface area contributed by atoms with Crippen molar-refractivity contribution in [3.63, 3.8) is 0 Å². The number of aryl methyl sites for hydroxylation is 4. The maximum atomic E-state index is 13.2. The molecule has 2 heterocycles. The van der Waals surface area contributed by atoms with Gasteiger partial charge in [-0.25, -0.2) is 9.36 Å². The van der Waals surface area contributed by atoms with Crippen LogP contribution in [0.1, 0.15) is 27.9 Å². The fraction of sp³-hybridized carbons (Fsp3) is 0.227. The predicted molar refractivity (Wildman–Crippen MR) is 108 cm³/mol. The zero-order valence-electron chi connectivity index (χ0n) is 16.0. The molecule has 0 aliphatic rings. The zero-order chi connectivity index (χ0) is 19.1. The van der Waals surface area contributed by atoms with Crippen LogP contribution >= 0.6 is 0 Å². The molecule has 0 N–H and O–H groups in total. The van der Waals surface area contributed by atoms with E-state index in [0.717, 1.165) is 22.3 Å². The fourth-order valence-corrected chi connectivity index (χ4v) is 3.25. The van der Waals surface area contributed by atoms with Crippen LogP contribution in [-0.2, 0) is 6.54 Å². The third-order valence-corrected chi connectivity index (χ3v) is 5.05. The Balaban J connectivity index is 1.88. The SMILES string of the molecule is Cc1ccc(Cn2nc(C)c3cnn(-c4ccc(C)c(C)c4)c3c2=O)cc1. The van der Waals surface area contributed by atoms with Crippen molar-refractivity contribution in [3.8, 4) is 5.69 Å². The van der Waals surface area contributed by atoms with Gasteiger partial charge in [0.1, 0.15) is 5.52 Å². The number of hydrogen-bond donors (Lipinski definition) is 0. The molecule has 0 aliphatic carbocycles. The van der Waals surface area contributed by atoms with E-state index in [4.69, 9.17) is 0 Å². The lowest BCUT2D eigenvalue weighted by molar-refractivity contribution is 0.634. The molecule has 4 rings (SSSR count). The fourth-order valence-electron chi connectivity index (χ4n) is 3.25. The van der Waals surface area contributed by atoms with Crippen molar-refractivity contribution in [2.24, 2.45) is 0 Å². The van der Waals surface area contributed by atoms with Crippen LogP contribution in [0.3, 0.4) is 0 Å². The minimum Gasteiger partial charge on any atom is -0.265 e. The summed E-state index contributed by atoms with van der Waals surface area (Å²) >= 11 is 0. The largest absolute Gasteiger partial charge is 0.293 e. The van der Waals surface area contributed by atoms with E-state index < -0.39 is 0 Å². The van der Waals surface area contributed by atoms with E-state index >= 15 is 0 Å². The van der Waals surface area contributed by atoms with Crippen molar-refractivity contribution < 1.29 is 0 Å². The normalized spacial score (nSPS) is 11.3. The number of hydrogen-bond acceptors (Lipinski definition) is 3.